The van der Waals surface area contributed by atoms with Crippen molar-refractivity contribution in [3.8, 4) is 11.4 Å². The molecule has 0 fully saturated rings. The molecule has 28 heavy (non-hydrogen) atoms. The van der Waals surface area contributed by atoms with Crippen molar-refractivity contribution in [2.45, 2.75) is 24.8 Å². The Labute approximate surface area is 166 Å². The van der Waals surface area contributed by atoms with Crippen LogP contribution in [0.15, 0.2) is 29.4 Å². The topological polar surface area (TPSA) is 129 Å². The Hall–Kier alpha value is -2.91. The number of nitrogens with two attached hydrogens (primary N) is 2. The van der Waals surface area contributed by atoms with Crippen molar-refractivity contribution in [3.63, 3.8) is 0 Å². The number of nitrogens with one attached hydrogen (secondary N) is 1. The van der Waals surface area contributed by atoms with E-state index in [-0.39, 0.29) is 11.9 Å². The Morgan fingerprint density at radius 2 is 2.04 bits per heavy atom. The molecule has 1 aromatic heterocycles. The first kappa shape index (κ1) is 18.5. The average molecular weight is 396 g/mol. The molecule has 5 N–H and O–H groups in total. The minimum absolute atomic E-state index is 0.0372. The quantitative estimate of drug-likeness (QED) is 0.442. The van der Waals surface area contributed by atoms with E-state index in [2.05, 4.69) is 20.3 Å². The van der Waals surface area contributed by atoms with Gasteiger partial charge in [0.1, 0.15) is 0 Å². The fourth-order valence-corrected chi connectivity index (χ4v) is 4.12. The fourth-order valence-electron chi connectivity index (χ4n) is 3.34. The number of nitrogens with zero attached hydrogens (tertiary/aromatic N) is 3. The van der Waals surface area contributed by atoms with Crippen molar-refractivity contribution >= 4 is 40.1 Å². The lowest BCUT2D eigenvalue weighted by Gasteiger charge is -2.20. The van der Waals surface area contributed by atoms with E-state index in [9.17, 15) is 4.79 Å². The van der Waals surface area contributed by atoms with Crippen LogP contribution in [0.2, 0.25) is 0 Å². The molecule has 8 nitrogen and oxygen atoms in total. The number of amides is 1. The number of hydrogen-bond donors (Lipinski definition) is 3. The Balaban J connectivity index is 1.77. The van der Waals surface area contributed by atoms with Gasteiger partial charge in [0.05, 0.1) is 18.8 Å². The smallest absolute Gasteiger partial charge is 0.224 e. The SMILES string of the molecule is CNC(=O)CCSc1nc(N)nc(-c2c(N)cc3c4c(cccc24)COC3)n1. The molecule has 3 aromatic rings. The minimum atomic E-state index is -0.0372. The molecular weight excluding hydrogens is 376 g/mol. The predicted molar refractivity (Wildman–Crippen MR) is 109 cm³/mol. The van der Waals surface area contributed by atoms with Gasteiger partial charge in [-0.3, -0.25) is 4.79 Å². The molecule has 144 valence electrons. The zero-order valence-corrected chi connectivity index (χ0v) is 16.2. The van der Waals surface area contributed by atoms with E-state index in [1.165, 1.54) is 11.8 Å². The maximum absolute atomic E-state index is 11.4. The molecule has 0 aliphatic carbocycles. The molecule has 2 heterocycles. The summed E-state index contributed by atoms with van der Waals surface area (Å²) in [4.78, 5) is 24.5. The lowest BCUT2D eigenvalue weighted by molar-refractivity contribution is -0.120. The van der Waals surface area contributed by atoms with Gasteiger partial charge in [0.15, 0.2) is 11.0 Å². The van der Waals surface area contributed by atoms with Crippen LogP contribution in [-0.4, -0.2) is 33.7 Å². The van der Waals surface area contributed by atoms with Crippen LogP contribution in [0.3, 0.4) is 0 Å². The number of hydrogen-bond acceptors (Lipinski definition) is 8. The summed E-state index contributed by atoms with van der Waals surface area (Å²) < 4.78 is 5.65. The number of nitrogen functional groups attached to an aromatic ring is 2. The lowest BCUT2D eigenvalue weighted by Crippen LogP contribution is -2.17. The normalized spacial score (nSPS) is 12.9. The van der Waals surface area contributed by atoms with Crippen LogP contribution in [0.5, 0.6) is 0 Å². The van der Waals surface area contributed by atoms with Crippen LogP contribution in [0, 0.1) is 0 Å². The molecule has 1 aliphatic rings. The van der Waals surface area contributed by atoms with Gasteiger partial charge in [-0.2, -0.15) is 9.97 Å². The van der Waals surface area contributed by atoms with Gasteiger partial charge in [-0.15, -0.1) is 0 Å². The molecule has 0 spiro atoms. The summed E-state index contributed by atoms with van der Waals surface area (Å²) in [5, 5.41) is 5.16. The fraction of sp³-hybridized carbons (Fsp3) is 0.263. The zero-order chi connectivity index (χ0) is 19.7. The maximum Gasteiger partial charge on any atom is 0.224 e. The van der Waals surface area contributed by atoms with Crippen molar-refractivity contribution in [1.82, 2.24) is 20.3 Å². The molecule has 9 heteroatoms. The number of carbonyl (C=O) groups excluding carboxylic acids is 1. The van der Waals surface area contributed by atoms with Crippen molar-refractivity contribution < 1.29 is 9.53 Å². The summed E-state index contributed by atoms with van der Waals surface area (Å²) in [6.45, 7) is 1.09. The summed E-state index contributed by atoms with van der Waals surface area (Å²) in [7, 11) is 1.61. The highest BCUT2D eigenvalue weighted by molar-refractivity contribution is 7.99. The Morgan fingerprint density at radius 1 is 1.21 bits per heavy atom. The largest absolute Gasteiger partial charge is 0.398 e. The van der Waals surface area contributed by atoms with Gasteiger partial charge in [-0.1, -0.05) is 30.0 Å². The van der Waals surface area contributed by atoms with Gasteiger partial charge in [0.25, 0.3) is 0 Å². The van der Waals surface area contributed by atoms with Gasteiger partial charge in [0.2, 0.25) is 11.9 Å². The number of anilines is 2. The summed E-state index contributed by atoms with van der Waals surface area (Å²) in [5.74, 6) is 1.06. The number of carbonyl (C=O) groups is 1. The zero-order valence-electron chi connectivity index (χ0n) is 15.4. The third-order valence-electron chi connectivity index (χ3n) is 4.57. The molecular formula is C19H20N6O2S. The highest BCUT2D eigenvalue weighted by atomic mass is 32.2. The van der Waals surface area contributed by atoms with E-state index in [1.807, 2.05) is 24.3 Å². The summed E-state index contributed by atoms with van der Waals surface area (Å²) >= 11 is 1.36. The molecule has 0 atom stereocenters. The number of aromatic nitrogens is 3. The first-order valence-corrected chi connectivity index (χ1v) is 9.81. The third kappa shape index (κ3) is 3.46. The standard InChI is InChI=1S/C19H20N6O2S/c1-22-14(26)5-6-28-19-24-17(23-18(21)25-19)16-12-4-2-3-10-8-27-9-11(15(10)12)7-13(16)20/h2-4,7H,5-6,8-9,20H2,1H3,(H,22,26)(H2,21,23,24,25). The van der Waals surface area contributed by atoms with Gasteiger partial charge in [0, 0.05) is 24.9 Å². The third-order valence-corrected chi connectivity index (χ3v) is 5.42. The van der Waals surface area contributed by atoms with Crippen LogP contribution in [0.4, 0.5) is 11.6 Å². The Kier molecular flexibility index (Phi) is 5.01. The van der Waals surface area contributed by atoms with E-state index in [1.54, 1.807) is 7.05 Å². The highest BCUT2D eigenvalue weighted by Gasteiger charge is 2.20. The van der Waals surface area contributed by atoms with Crippen LogP contribution in [-0.2, 0) is 22.7 Å². The van der Waals surface area contributed by atoms with E-state index in [0.717, 1.165) is 27.5 Å². The number of thioether (sulfide) groups is 1. The second kappa shape index (κ2) is 7.61. The predicted octanol–water partition coefficient (Wildman–Crippen LogP) is 2.11. The van der Waals surface area contributed by atoms with Gasteiger partial charge >= 0.3 is 0 Å². The summed E-state index contributed by atoms with van der Waals surface area (Å²) in [6, 6.07) is 7.95. The second-order valence-electron chi connectivity index (χ2n) is 6.40. The van der Waals surface area contributed by atoms with E-state index in [4.69, 9.17) is 16.2 Å². The van der Waals surface area contributed by atoms with Crippen LogP contribution in [0.1, 0.15) is 17.5 Å². The minimum Gasteiger partial charge on any atom is -0.398 e. The number of ether oxygens (including phenoxy) is 1. The van der Waals surface area contributed by atoms with E-state index < -0.39 is 0 Å². The van der Waals surface area contributed by atoms with Crippen molar-refractivity contribution in [2.24, 2.45) is 0 Å². The van der Waals surface area contributed by atoms with Crippen LogP contribution < -0.4 is 16.8 Å². The van der Waals surface area contributed by atoms with E-state index in [0.29, 0.717) is 42.1 Å². The maximum atomic E-state index is 11.4. The first-order chi connectivity index (χ1) is 13.6. The van der Waals surface area contributed by atoms with Crippen LogP contribution >= 0.6 is 11.8 Å². The lowest BCUT2D eigenvalue weighted by atomic mass is 9.93. The number of benzene rings is 2. The van der Waals surface area contributed by atoms with Crippen molar-refractivity contribution in [1.29, 1.82) is 0 Å². The molecule has 4 rings (SSSR count). The van der Waals surface area contributed by atoms with Gasteiger partial charge in [-0.25, -0.2) is 4.98 Å². The number of rotatable bonds is 5. The Morgan fingerprint density at radius 3 is 2.86 bits per heavy atom. The molecule has 0 radical (unpaired) electrons. The molecule has 1 amide bonds. The molecule has 0 saturated carbocycles. The van der Waals surface area contributed by atoms with Crippen molar-refractivity contribution in [2.75, 3.05) is 24.3 Å². The van der Waals surface area contributed by atoms with Gasteiger partial charge in [-0.05, 0) is 28.0 Å². The summed E-state index contributed by atoms with van der Waals surface area (Å²) in [6.07, 6.45) is 0.366. The molecule has 0 bridgehead atoms. The first-order valence-electron chi connectivity index (χ1n) is 8.83. The van der Waals surface area contributed by atoms with Gasteiger partial charge < -0.3 is 21.5 Å². The second-order valence-corrected chi connectivity index (χ2v) is 7.47. The summed E-state index contributed by atoms with van der Waals surface area (Å²) in [5.41, 5.74) is 15.8. The van der Waals surface area contributed by atoms with Crippen molar-refractivity contribution in [3.05, 3.63) is 35.4 Å². The molecule has 0 unspecified atom stereocenters. The van der Waals surface area contributed by atoms with Crippen LogP contribution in [0.25, 0.3) is 22.2 Å². The molecule has 1 aliphatic heterocycles. The Bertz CT molecular complexity index is 1070. The molecule has 0 saturated heterocycles. The highest BCUT2D eigenvalue weighted by Crippen LogP contribution is 2.39. The molecule has 2 aromatic carbocycles. The monoisotopic (exact) mass is 396 g/mol. The average Bonchev–Trinajstić information content (AvgIpc) is 2.67. The van der Waals surface area contributed by atoms with E-state index >= 15 is 0 Å².